The van der Waals surface area contributed by atoms with Gasteiger partial charge in [-0.3, -0.25) is 0 Å². The van der Waals surface area contributed by atoms with Crippen LogP contribution in [-0.2, 0) is 9.53 Å². The first kappa shape index (κ1) is 11.4. The van der Waals surface area contributed by atoms with E-state index < -0.39 is 0 Å². The van der Waals surface area contributed by atoms with Gasteiger partial charge in [-0.05, 0) is 0 Å². The van der Waals surface area contributed by atoms with Gasteiger partial charge in [-0.15, -0.1) is 5.92 Å². The SMILES string of the molecule is C=C(Br)COCC#CCCC=O. The maximum absolute atomic E-state index is 9.87. The number of ether oxygens (including phenoxy) is 1. The van der Waals surface area contributed by atoms with E-state index in [1.54, 1.807) is 0 Å². The predicted octanol–water partition coefficient (Wildman–Crippen LogP) is 1.89. The van der Waals surface area contributed by atoms with Crippen LogP contribution in [0.1, 0.15) is 12.8 Å². The van der Waals surface area contributed by atoms with Gasteiger partial charge in [-0.25, -0.2) is 0 Å². The quantitative estimate of drug-likeness (QED) is 0.410. The summed E-state index contributed by atoms with van der Waals surface area (Å²) in [4.78, 5) is 9.87. The van der Waals surface area contributed by atoms with E-state index in [-0.39, 0.29) is 0 Å². The molecule has 0 bridgehead atoms. The number of halogens is 1. The maximum Gasteiger partial charge on any atom is 0.120 e. The van der Waals surface area contributed by atoms with E-state index in [1.165, 1.54) is 0 Å². The molecule has 0 heterocycles. The molecule has 0 saturated carbocycles. The molecule has 0 saturated heterocycles. The molecule has 2 nitrogen and oxygen atoms in total. The topological polar surface area (TPSA) is 26.3 Å². The van der Waals surface area contributed by atoms with Gasteiger partial charge in [0, 0.05) is 17.3 Å². The van der Waals surface area contributed by atoms with Crippen molar-refractivity contribution in [1.82, 2.24) is 0 Å². The number of hydrogen-bond acceptors (Lipinski definition) is 2. The van der Waals surface area contributed by atoms with Crippen LogP contribution < -0.4 is 0 Å². The van der Waals surface area contributed by atoms with Gasteiger partial charge in [0.15, 0.2) is 0 Å². The van der Waals surface area contributed by atoms with E-state index >= 15 is 0 Å². The van der Waals surface area contributed by atoms with Crippen molar-refractivity contribution < 1.29 is 9.53 Å². The second-order valence-corrected chi connectivity index (χ2v) is 3.19. The van der Waals surface area contributed by atoms with E-state index in [9.17, 15) is 4.79 Å². The standard InChI is InChI=1S/C9H11BrO2/c1-9(10)8-12-7-5-3-2-4-6-11/h6H,1-2,4,7-8H2. The molecule has 0 amide bonds. The summed E-state index contributed by atoms with van der Waals surface area (Å²) in [6.07, 6.45) is 1.97. The highest BCUT2D eigenvalue weighted by Crippen LogP contribution is 1.99. The number of hydrogen-bond donors (Lipinski definition) is 0. The van der Waals surface area contributed by atoms with E-state index in [0.717, 1.165) is 10.8 Å². The second kappa shape index (κ2) is 8.51. The van der Waals surface area contributed by atoms with Crippen molar-refractivity contribution in [2.75, 3.05) is 13.2 Å². The fourth-order valence-electron chi connectivity index (χ4n) is 0.483. The third-order valence-corrected chi connectivity index (χ3v) is 1.17. The lowest BCUT2D eigenvalue weighted by Gasteiger charge is -1.94. The Morgan fingerprint density at radius 3 is 2.92 bits per heavy atom. The van der Waals surface area contributed by atoms with Crippen molar-refractivity contribution in [3.05, 3.63) is 11.1 Å². The molecule has 0 aromatic heterocycles. The zero-order valence-corrected chi connectivity index (χ0v) is 8.39. The summed E-state index contributed by atoms with van der Waals surface area (Å²) >= 11 is 3.15. The van der Waals surface area contributed by atoms with E-state index in [4.69, 9.17) is 4.74 Å². The van der Waals surface area contributed by atoms with Crippen LogP contribution in [0.25, 0.3) is 0 Å². The first-order valence-electron chi connectivity index (χ1n) is 3.57. The Morgan fingerprint density at radius 1 is 1.58 bits per heavy atom. The van der Waals surface area contributed by atoms with Crippen molar-refractivity contribution in [3.8, 4) is 11.8 Å². The lowest BCUT2D eigenvalue weighted by atomic mass is 10.3. The molecular weight excluding hydrogens is 220 g/mol. The van der Waals surface area contributed by atoms with Gasteiger partial charge in [-0.1, -0.05) is 28.4 Å². The van der Waals surface area contributed by atoms with E-state index in [1.807, 2.05) is 0 Å². The molecule has 0 fully saturated rings. The van der Waals surface area contributed by atoms with Crippen molar-refractivity contribution in [2.24, 2.45) is 0 Å². The first-order valence-corrected chi connectivity index (χ1v) is 4.37. The third-order valence-electron chi connectivity index (χ3n) is 0.945. The Hall–Kier alpha value is -0.590. The van der Waals surface area contributed by atoms with Gasteiger partial charge >= 0.3 is 0 Å². The second-order valence-electron chi connectivity index (χ2n) is 2.07. The Bertz CT molecular complexity index is 200. The average molecular weight is 231 g/mol. The van der Waals surface area contributed by atoms with Gasteiger partial charge in [0.25, 0.3) is 0 Å². The van der Waals surface area contributed by atoms with Gasteiger partial charge in [-0.2, -0.15) is 0 Å². The molecule has 0 rings (SSSR count). The number of carbonyl (C=O) groups is 1. The van der Waals surface area contributed by atoms with E-state index in [0.29, 0.717) is 26.1 Å². The predicted molar refractivity (Wildman–Crippen MR) is 52.0 cm³/mol. The zero-order chi connectivity index (χ0) is 9.23. The molecule has 0 unspecified atom stereocenters. The largest absolute Gasteiger partial charge is 0.364 e. The van der Waals surface area contributed by atoms with Crippen molar-refractivity contribution in [2.45, 2.75) is 12.8 Å². The lowest BCUT2D eigenvalue weighted by Crippen LogP contribution is -1.92. The summed E-state index contributed by atoms with van der Waals surface area (Å²) < 4.78 is 5.87. The zero-order valence-electron chi connectivity index (χ0n) is 6.81. The van der Waals surface area contributed by atoms with Crippen molar-refractivity contribution in [3.63, 3.8) is 0 Å². The maximum atomic E-state index is 9.87. The van der Waals surface area contributed by atoms with Gasteiger partial charge in [0.2, 0.25) is 0 Å². The number of rotatable bonds is 5. The molecule has 0 N–H and O–H groups in total. The number of aldehydes is 1. The summed E-state index contributed by atoms with van der Waals surface area (Å²) in [6, 6.07) is 0. The van der Waals surface area contributed by atoms with Crippen LogP contribution in [0.3, 0.4) is 0 Å². The smallest absolute Gasteiger partial charge is 0.120 e. The molecular formula is C9H11BrO2. The fraction of sp³-hybridized carbons (Fsp3) is 0.444. The lowest BCUT2D eigenvalue weighted by molar-refractivity contribution is -0.107. The highest BCUT2D eigenvalue weighted by Gasteiger charge is 1.84. The molecule has 0 spiro atoms. The third kappa shape index (κ3) is 9.41. The van der Waals surface area contributed by atoms with Crippen LogP contribution in [-0.4, -0.2) is 19.5 Å². The monoisotopic (exact) mass is 230 g/mol. The molecule has 0 radical (unpaired) electrons. The van der Waals surface area contributed by atoms with Gasteiger partial charge in [0.05, 0.1) is 6.61 Å². The molecule has 0 aromatic rings. The summed E-state index contributed by atoms with van der Waals surface area (Å²) in [7, 11) is 0. The summed E-state index contributed by atoms with van der Waals surface area (Å²) in [5, 5.41) is 0. The molecule has 0 aliphatic carbocycles. The highest BCUT2D eigenvalue weighted by molar-refractivity contribution is 9.11. The van der Waals surface area contributed by atoms with Crippen LogP contribution in [0.15, 0.2) is 11.1 Å². The molecule has 0 aliphatic heterocycles. The van der Waals surface area contributed by atoms with Crippen molar-refractivity contribution in [1.29, 1.82) is 0 Å². The highest BCUT2D eigenvalue weighted by atomic mass is 79.9. The normalized spacial score (nSPS) is 8.42. The van der Waals surface area contributed by atoms with Crippen LogP contribution in [0.2, 0.25) is 0 Å². The molecule has 66 valence electrons. The van der Waals surface area contributed by atoms with Gasteiger partial charge < -0.3 is 9.53 Å². The summed E-state index contributed by atoms with van der Waals surface area (Å²) in [5.74, 6) is 5.59. The Labute approximate surface area is 81.1 Å². The van der Waals surface area contributed by atoms with Crippen LogP contribution >= 0.6 is 15.9 Å². The molecule has 0 aliphatic rings. The minimum absolute atomic E-state index is 0.392. The molecule has 0 atom stereocenters. The summed E-state index contributed by atoms with van der Waals surface area (Å²) in [5.41, 5.74) is 0. The molecule has 0 aromatic carbocycles. The van der Waals surface area contributed by atoms with E-state index in [2.05, 4.69) is 34.3 Å². The van der Waals surface area contributed by atoms with Crippen LogP contribution in [0.4, 0.5) is 0 Å². The number of unbranched alkanes of at least 4 members (excludes halogenated alkanes) is 1. The molecule has 12 heavy (non-hydrogen) atoms. The Balaban J connectivity index is 3.21. The van der Waals surface area contributed by atoms with Gasteiger partial charge in [0.1, 0.15) is 12.9 Å². The van der Waals surface area contributed by atoms with Crippen LogP contribution in [0, 0.1) is 11.8 Å². The van der Waals surface area contributed by atoms with Crippen molar-refractivity contribution >= 4 is 22.2 Å². The fourth-order valence-corrected chi connectivity index (χ4v) is 0.645. The number of carbonyl (C=O) groups excluding carboxylic acids is 1. The Kier molecular flexibility index (Phi) is 8.09. The minimum Gasteiger partial charge on any atom is -0.364 e. The first-order chi connectivity index (χ1) is 5.77. The summed E-state index contributed by atoms with van der Waals surface area (Å²) in [6.45, 7) is 4.47. The molecule has 3 heteroatoms. The Morgan fingerprint density at radius 2 is 2.33 bits per heavy atom. The minimum atomic E-state index is 0.392. The van der Waals surface area contributed by atoms with Crippen LogP contribution in [0.5, 0.6) is 0 Å². The average Bonchev–Trinajstić information content (AvgIpc) is 2.02.